The minimum atomic E-state index is -0.120. The van der Waals surface area contributed by atoms with E-state index in [-0.39, 0.29) is 5.91 Å². The molecule has 7 heteroatoms. The summed E-state index contributed by atoms with van der Waals surface area (Å²) >= 11 is 0. The molecule has 4 rings (SSSR count). The Morgan fingerprint density at radius 3 is 3.23 bits per heavy atom. The van der Waals surface area contributed by atoms with E-state index in [9.17, 15) is 4.79 Å². The minimum Gasteiger partial charge on any atom is -0.352 e. The summed E-state index contributed by atoms with van der Waals surface area (Å²) in [5.74, 6) is 1.44. The van der Waals surface area contributed by atoms with Gasteiger partial charge in [-0.2, -0.15) is 5.10 Å². The second-order valence-corrected chi connectivity index (χ2v) is 5.56. The Morgan fingerprint density at radius 1 is 1.32 bits per heavy atom. The first-order valence-corrected chi connectivity index (χ1v) is 7.38. The minimum absolute atomic E-state index is 0.120. The summed E-state index contributed by atoms with van der Waals surface area (Å²) in [6, 6.07) is 1.78. The molecule has 3 aromatic rings. The molecule has 4 heterocycles. The predicted molar refractivity (Wildman–Crippen MR) is 79.4 cm³/mol. The second-order valence-electron chi connectivity index (χ2n) is 5.56. The molecule has 3 aromatic heterocycles. The predicted octanol–water partition coefficient (Wildman–Crippen LogP) is 0.918. The fourth-order valence-corrected chi connectivity index (χ4v) is 2.92. The van der Waals surface area contributed by atoms with Gasteiger partial charge in [-0.25, -0.2) is 14.5 Å². The van der Waals surface area contributed by atoms with Crippen LogP contribution in [0, 0.1) is 5.92 Å². The third kappa shape index (κ3) is 2.24. The fourth-order valence-electron chi connectivity index (χ4n) is 2.92. The van der Waals surface area contributed by atoms with Crippen molar-refractivity contribution in [1.82, 2.24) is 29.5 Å². The molecule has 1 unspecified atom stereocenters. The first kappa shape index (κ1) is 13.0. The normalized spacial score (nSPS) is 17.4. The zero-order valence-electron chi connectivity index (χ0n) is 12.0. The number of aryl methyl sites for hydroxylation is 1. The summed E-state index contributed by atoms with van der Waals surface area (Å²) in [5, 5.41) is 7.14. The van der Waals surface area contributed by atoms with Crippen molar-refractivity contribution in [3.63, 3.8) is 0 Å². The average Bonchev–Trinajstić information content (AvgIpc) is 3.18. The van der Waals surface area contributed by atoms with Crippen LogP contribution in [0.25, 0.3) is 5.65 Å². The van der Waals surface area contributed by atoms with Crippen LogP contribution in [0.2, 0.25) is 0 Å². The number of aromatic nitrogens is 5. The van der Waals surface area contributed by atoms with Gasteiger partial charge in [-0.3, -0.25) is 4.79 Å². The van der Waals surface area contributed by atoms with Crippen molar-refractivity contribution in [3.05, 3.63) is 48.4 Å². The van der Waals surface area contributed by atoms with Crippen molar-refractivity contribution in [2.45, 2.75) is 19.4 Å². The van der Waals surface area contributed by atoms with E-state index in [0.717, 1.165) is 25.2 Å². The van der Waals surface area contributed by atoms with E-state index >= 15 is 0 Å². The number of fused-ring (bicyclic) bond motifs is 2. The molecular weight excluding hydrogens is 280 g/mol. The van der Waals surface area contributed by atoms with Crippen LogP contribution in [-0.4, -0.2) is 36.6 Å². The van der Waals surface area contributed by atoms with Crippen molar-refractivity contribution < 1.29 is 4.79 Å². The number of carbonyl (C=O) groups is 1. The molecule has 1 amide bonds. The molecule has 0 spiro atoms. The van der Waals surface area contributed by atoms with Gasteiger partial charge >= 0.3 is 0 Å². The largest absolute Gasteiger partial charge is 0.352 e. The van der Waals surface area contributed by atoms with E-state index in [1.165, 1.54) is 0 Å². The summed E-state index contributed by atoms with van der Waals surface area (Å²) in [5.41, 5.74) is 1.10. The smallest absolute Gasteiger partial charge is 0.256 e. The molecule has 0 saturated heterocycles. The highest BCUT2D eigenvalue weighted by atomic mass is 16.1. The summed E-state index contributed by atoms with van der Waals surface area (Å²) in [6.45, 7) is 1.56. The van der Waals surface area contributed by atoms with Gasteiger partial charge in [0.15, 0.2) is 5.65 Å². The standard InChI is InChI=1S/C15H16N6O/c22-15(12-9-19-21-6-1-4-17-14(12)21)18-8-11-2-3-13-16-5-7-20(13)10-11/h1,4-7,9,11H,2-3,8,10H2,(H,18,22). The Hall–Kier alpha value is -2.70. The highest BCUT2D eigenvalue weighted by molar-refractivity contribution is 5.99. The third-order valence-corrected chi connectivity index (χ3v) is 4.11. The molecule has 0 radical (unpaired) electrons. The number of imidazole rings is 1. The van der Waals surface area contributed by atoms with E-state index in [2.05, 4.69) is 25.0 Å². The van der Waals surface area contributed by atoms with Crippen LogP contribution in [0.3, 0.4) is 0 Å². The van der Waals surface area contributed by atoms with Gasteiger partial charge in [0.1, 0.15) is 11.4 Å². The van der Waals surface area contributed by atoms with Crippen LogP contribution in [0.5, 0.6) is 0 Å². The number of rotatable bonds is 3. The van der Waals surface area contributed by atoms with Crippen LogP contribution in [0.1, 0.15) is 22.6 Å². The lowest BCUT2D eigenvalue weighted by molar-refractivity contribution is 0.0945. The van der Waals surface area contributed by atoms with E-state index in [4.69, 9.17) is 0 Å². The van der Waals surface area contributed by atoms with E-state index < -0.39 is 0 Å². The molecule has 0 bridgehead atoms. The van der Waals surface area contributed by atoms with Gasteiger partial charge < -0.3 is 9.88 Å². The Labute approximate surface area is 127 Å². The van der Waals surface area contributed by atoms with Crippen molar-refractivity contribution >= 4 is 11.6 Å². The molecule has 1 N–H and O–H groups in total. The highest BCUT2D eigenvalue weighted by Gasteiger charge is 2.20. The second kappa shape index (κ2) is 5.25. The number of nitrogens with zero attached hydrogens (tertiary/aromatic N) is 5. The Balaban J connectivity index is 1.43. The van der Waals surface area contributed by atoms with E-state index in [1.54, 1.807) is 29.2 Å². The van der Waals surface area contributed by atoms with E-state index in [0.29, 0.717) is 23.7 Å². The average molecular weight is 296 g/mol. The van der Waals surface area contributed by atoms with Gasteiger partial charge in [0.25, 0.3) is 5.91 Å². The van der Waals surface area contributed by atoms with Crippen molar-refractivity contribution in [2.75, 3.05) is 6.54 Å². The number of amides is 1. The Morgan fingerprint density at radius 2 is 2.27 bits per heavy atom. The van der Waals surface area contributed by atoms with Crippen molar-refractivity contribution in [1.29, 1.82) is 0 Å². The van der Waals surface area contributed by atoms with Gasteiger partial charge in [0.2, 0.25) is 0 Å². The molecule has 1 aliphatic rings. The van der Waals surface area contributed by atoms with Gasteiger partial charge in [-0.05, 0) is 18.4 Å². The SMILES string of the molecule is O=C(NCC1CCc2nccn2C1)c1cnn2cccnc12. The van der Waals surface area contributed by atoms with Crippen molar-refractivity contribution in [2.24, 2.45) is 5.92 Å². The molecule has 1 atom stereocenters. The molecule has 112 valence electrons. The Bertz CT molecular complexity index is 820. The lowest BCUT2D eigenvalue weighted by Gasteiger charge is -2.23. The summed E-state index contributed by atoms with van der Waals surface area (Å²) < 4.78 is 3.77. The first-order chi connectivity index (χ1) is 10.8. The van der Waals surface area contributed by atoms with Crippen LogP contribution < -0.4 is 5.32 Å². The molecule has 0 fully saturated rings. The summed E-state index contributed by atoms with van der Waals surface area (Å²) in [6.07, 6.45) is 10.8. The van der Waals surface area contributed by atoms with Gasteiger partial charge in [0.05, 0.1) is 6.20 Å². The lowest BCUT2D eigenvalue weighted by Crippen LogP contribution is -2.33. The molecule has 7 nitrogen and oxygen atoms in total. The zero-order chi connectivity index (χ0) is 14.9. The number of hydrogen-bond donors (Lipinski definition) is 1. The number of hydrogen-bond acceptors (Lipinski definition) is 4. The molecule has 22 heavy (non-hydrogen) atoms. The van der Waals surface area contributed by atoms with Crippen LogP contribution in [0.15, 0.2) is 37.1 Å². The quantitative estimate of drug-likeness (QED) is 0.779. The maximum absolute atomic E-state index is 12.3. The van der Waals surface area contributed by atoms with Crippen LogP contribution in [0.4, 0.5) is 0 Å². The monoisotopic (exact) mass is 296 g/mol. The number of carbonyl (C=O) groups excluding carboxylic acids is 1. The maximum Gasteiger partial charge on any atom is 0.256 e. The summed E-state index contributed by atoms with van der Waals surface area (Å²) in [7, 11) is 0. The van der Waals surface area contributed by atoms with E-state index in [1.807, 2.05) is 12.4 Å². The van der Waals surface area contributed by atoms with Gasteiger partial charge in [-0.15, -0.1) is 0 Å². The summed E-state index contributed by atoms with van der Waals surface area (Å²) in [4.78, 5) is 20.9. The number of nitrogens with one attached hydrogen (secondary N) is 1. The molecule has 0 aliphatic carbocycles. The van der Waals surface area contributed by atoms with Gasteiger partial charge in [-0.1, -0.05) is 0 Å². The Kier molecular flexibility index (Phi) is 3.10. The zero-order valence-corrected chi connectivity index (χ0v) is 12.0. The molecule has 0 aromatic carbocycles. The molecular formula is C15H16N6O. The molecule has 0 saturated carbocycles. The van der Waals surface area contributed by atoms with Crippen molar-refractivity contribution in [3.8, 4) is 0 Å². The molecule has 1 aliphatic heterocycles. The van der Waals surface area contributed by atoms with Crippen LogP contribution in [-0.2, 0) is 13.0 Å². The highest BCUT2D eigenvalue weighted by Crippen LogP contribution is 2.18. The topological polar surface area (TPSA) is 77.1 Å². The fraction of sp³-hybridized carbons (Fsp3) is 0.333. The van der Waals surface area contributed by atoms with Crippen LogP contribution >= 0.6 is 0 Å². The van der Waals surface area contributed by atoms with Gasteiger partial charge in [0, 0.05) is 44.3 Å². The maximum atomic E-state index is 12.3. The lowest BCUT2D eigenvalue weighted by atomic mass is 9.99. The third-order valence-electron chi connectivity index (χ3n) is 4.11. The first-order valence-electron chi connectivity index (χ1n) is 7.38.